The number of benzene rings is 1. The lowest BCUT2D eigenvalue weighted by atomic mass is 9.75. The van der Waals surface area contributed by atoms with E-state index in [-0.39, 0.29) is 6.09 Å². The summed E-state index contributed by atoms with van der Waals surface area (Å²) in [6, 6.07) is 6.14. The van der Waals surface area contributed by atoms with Crippen molar-refractivity contribution in [3.05, 3.63) is 35.2 Å². The molecule has 146 valence electrons. The number of rotatable bonds is 4. The van der Waals surface area contributed by atoms with Gasteiger partial charge in [0.25, 0.3) is 0 Å². The number of ether oxygens (including phenoxy) is 1. The first-order valence-electron chi connectivity index (χ1n) is 9.66. The Hall–Kier alpha value is -2.44. The molecule has 27 heavy (non-hydrogen) atoms. The van der Waals surface area contributed by atoms with Gasteiger partial charge in [-0.3, -0.25) is 4.90 Å². The predicted molar refractivity (Wildman–Crippen MR) is 103 cm³/mol. The van der Waals surface area contributed by atoms with Crippen molar-refractivity contribution in [1.29, 1.82) is 0 Å². The monoisotopic (exact) mass is 371 g/mol. The molecule has 3 rings (SSSR count). The molecular weight excluding hydrogens is 342 g/mol. The summed E-state index contributed by atoms with van der Waals surface area (Å²) in [4.78, 5) is 14.3. The van der Waals surface area contributed by atoms with Gasteiger partial charge in [-0.15, -0.1) is 5.10 Å². The Labute approximate surface area is 160 Å². The zero-order valence-electron chi connectivity index (χ0n) is 16.9. The molecule has 0 unspecified atom stereocenters. The summed E-state index contributed by atoms with van der Waals surface area (Å²) < 4.78 is 7.12. The van der Waals surface area contributed by atoms with Crippen molar-refractivity contribution in [3.63, 3.8) is 0 Å². The largest absolute Gasteiger partial charge is 0.450 e. The molecule has 1 fully saturated rings. The van der Waals surface area contributed by atoms with E-state index in [9.17, 15) is 4.79 Å². The van der Waals surface area contributed by atoms with E-state index in [0.717, 1.165) is 42.5 Å². The first-order valence-corrected chi connectivity index (χ1v) is 9.66. The highest BCUT2D eigenvalue weighted by Gasteiger charge is 2.46. The van der Waals surface area contributed by atoms with Gasteiger partial charge in [-0.25, -0.2) is 4.79 Å². The molecule has 0 aliphatic heterocycles. The molecule has 0 saturated heterocycles. The third-order valence-corrected chi connectivity index (χ3v) is 5.82. The highest BCUT2D eigenvalue weighted by Crippen LogP contribution is 2.43. The van der Waals surface area contributed by atoms with Crippen molar-refractivity contribution in [2.45, 2.75) is 58.9 Å². The summed E-state index contributed by atoms with van der Waals surface area (Å²) in [6.45, 7) is 8.53. The third kappa shape index (κ3) is 3.42. The molecule has 0 atom stereocenters. The average Bonchev–Trinajstić information content (AvgIpc) is 3.12. The first-order chi connectivity index (χ1) is 12.9. The molecule has 1 heterocycles. The highest BCUT2D eigenvalue weighted by molar-refractivity contribution is 5.68. The van der Waals surface area contributed by atoms with E-state index in [4.69, 9.17) is 4.74 Å². The molecule has 1 aliphatic carbocycles. The topological polar surface area (TPSA) is 73.1 Å². The Balaban J connectivity index is 2.13. The molecule has 1 saturated carbocycles. The van der Waals surface area contributed by atoms with Crippen molar-refractivity contribution >= 4 is 6.09 Å². The second-order valence-corrected chi connectivity index (χ2v) is 7.63. The smallest absolute Gasteiger partial charge is 0.410 e. The van der Waals surface area contributed by atoms with Gasteiger partial charge in [0.15, 0.2) is 5.82 Å². The van der Waals surface area contributed by atoms with E-state index in [1.165, 1.54) is 0 Å². The van der Waals surface area contributed by atoms with Crippen LogP contribution in [0.15, 0.2) is 18.2 Å². The maximum absolute atomic E-state index is 12.6. The number of aromatic nitrogens is 4. The molecule has 0 radical (unpaired) electrons. The normalized spacial score (nSPS) is 22.5. The molecule has 1 aromatic carbocycles. The zero-order chi connectivity index (χ0) is 19.6. The van der Waals surface area contributed by atoms with Crippen LogP contribution in [-0.2, 0) is 10.3 Å². The number of hydrogen-bond donors (Lipinski definition) is 0. The van der Waals surface area contributed by atoms with Gasteiger partial charge in [-0.1, -0.05) is 25.1 Å². The van der Waals surface area contributed by atoms with E-state index < -0.39 is 5.54 Å². The van der Waals surface area contributed by atoms with Crippen molar-refractivity contribution in [1.82, 2.24) is 25.1 Å². The minimum absolute atomic E-state index is 0.330. The van der Waals surface area contributed by atoms with Crippen molar-refractivity contribution < 1.29 is 9.53 Å². The molecule has 7 nitrogen and oxygen atoms in total. The molecule has 1 aromatic heterocycles. The van der Waals surface area contributed by atoms with Crippen LogP contribution < -0.4 is 0 Å². The summed E-state index contributed by atoms with van der Waals surface area (Å²) in [7, 11) is 1.80. The Bertz CT molecular complexity index is 788. The lowest BCUT2D eigenvalue weighted by molar-refractivity contribution is 0.0311. The van der Waals surface area contributed by atoms with Crippen LogP contribution in [0.1, 0.15) is 56.5 Å². The Kier molecular flexibility index (Phi) is 5.48. The fraction of sp³-hybridized carbons (Fsp3) is 0.600. The Morgan fingerprint density at radius 3 is 2.52 bits per heavy atom. The highest BCUT2D eigenvalue weighted by atomic mass is 16.6. The van der Waals surface area contributed by atoms with Crippen LogP contribution in [0.25, 0.3) is 5.69 Å². The van der Waals surface area contributed by atoms with E-state index in [1.807, 2.05) is 17.7 Å². The first kappa shape index (κ1) is 19.3. The zero-order valence-corrected chi connectivity index (χ0v) is 16.9. The maximum atomic E-state index is 12.6. The summed E-state index contributed by atoms with van der Waals surface area (Å²) in [5, 5.41) is 12.7. The van der Waals surface area contributed by atoms with Gasteiger partial charge in [-0.2, -0.15) is 4.68 Å². The number of aryl methyl sites for hydroxylation is 2. The molecule has 1 aliphatic rings. The number of carbonyl (C=O) groups is 1. The third-order valence-electron chi connectivity index (χ3n) is 5.82. The van der Waals surface area contributed by atoms with Crippen LogP contribution in [0.5, 0.6) is 0 Å². The fourth-order valence-corrected chi connectivity index (χ4v) is 4.11. The van der Waals surface area contributed by atoms with Gasteiger partial charge >= 0.3 is 6.09 Å². The van der Waals surface area contributed by atoms with Gasteiger partial charge in [0.05, 0.1) is 12.3 Å². The molecule has 2 aromatic rings. The van der Waals surface area contributed by atoms with Gasteiger partial charge in [0.1, 0.15) is 5.54 Å². The summed E-state index contributed by atoms with van der Waals surface area (Å²) in [6.07, 6.45) is 3.33. The summed E-state index contributed by atoms with van der Waals surface area (Å²) >= 11 is 0. The average molecular weight is 371 g/mol. The molecule has 0 bridgehead atoms. The van der Waals surface area contributed by atoms with Crippen LogP contribution in [0.2, 0.25) is 0 Å². The van der Waals surface area contributed by atoms with Crippen LogP contribution in [-0.4, -0.2) is 44.9 Å². The van der Waals surface area contributed by atoms with Crippen molar-refractivity contribution in [2.75, 3.05) is 13.7 Å². The second kappa shape index (κ2) is 7.66. The van der Waals surface area contributed by atoms with Crippen molar-refractivity contribution in [2.24, 2.45) is 5.92 Å². The lowest BCUT2D eigenvalue weighted by Crippen LogP contribution is -2.51. The minimum Gasteiger partial charge on any atom is -0.450 e. The fourth-order valence-electron chi connectivity index (χ4n) is 4.11. The van der Waals surface area contributed by atoms with Gasteiger partial charge in [-0.05, 0) is 73.9 Å². The maximum Gasteiger partial charge on any atom is 0.410 e. The number of nitrogens with zero attached hydrogens (tertiary/aromatic N) is 5. The summed E-state index contributed by atoms with van der Waals surface area (Å²) in [5.41, 5.74) is 2.60. The van der Waals surface area contributed by atoms with Crippen molar-refractivity contribution in [3.8, 4) is 5.69 Å². The van der Waals surface area contributed by atoms with Gasteiger partial charge in [0, 0.05) is 7.05 Å². The predicted octanol–water partition coefficient (Wildman–Crippen LogP) is 3.77. The van der Waals surface area contributed by atoms with Gasteiger partial charge in [0.2, 0.25) is 0 Å². The Morgan fingerprint density at radius 2 is 1.93 bits per heavy atom. The number of carbonyl (C=O) groups excluding carboxylic acids is 1. The van der Waals surface area contributed by atoms with Crippen LogP contribution in [0.3, 0.4) is 0 Å². The standard InChI is InChI=1S/C20H29N5O2/c1-6-27-19(26)24(5)20(12-10-14(2)11-13-20)18-21-22-23-25(18)17-15(3)8-7-9-16(17)4/h7-9,14H,6,10-13H2,1-5H3. The van der Waals surface area contributed by atoms with E-state index in [1.54, 1.807) is 11.9 Å². The molecule has 0 spiro atoms. The minimum atomic E-state index is -0.572. The van der Waals surface area contributed by atoms with Crippen LogP contribution >= 0.6 is 0 Å². The number of para-hydroxylation sites is 1. The SMILES string of the molecule is CCOC(=O)N(C)C1(c2nnnn2-c2c(C)cccc2C)CCC(C)CC1. The van der Waals surface area contributed by atoms with Gasteiger partial charge < -0.3 is 4.74 Å². The lowest BCUT2D eigenvalue weighted by Gasteiger charge is -2.44. The summed E-state index contributed by atoms with van der Waals surface area (Å²) in [5.74, 6) is 1.33. The van der Waals surface area contributed by atoms with Crippen LogP contribution in [0, 0.1) is 19.8 Å². The number of amides is 1. The quantitative estimate of drug-likeness (QED) is 0.818. The second-order valence-electron chi connectivity index (χ2n) is 7.63. The van der Waals surface area contributed by atoms with Crippen LogP contribution in [0.4, 0.5) is 4.79 Å². The molecule has 1 amide bonds. The van der Waals surface area contributed by atoms with E-state index >= 15 is 0 Å². The van der Waals surface area contributed by atoms with E-state index in [2.05, 4.69) is 48.4 Å². The Morgan fingerprint density at radius 1 is 1.30 bits per heavy atom. The number of tetrazole rings is 1. The molecule has 0 N–H and O–H groups in total. The number of hydrogen-bond acceptors (Lipinski definition) is 5. The van der Waals surface area contributed by atoms with E-state index in [0.29, 0.717) is 18.3 Å². The molecule has 7 heteroatoms. The molecular formula is C20H29N5O2.